The summed E-state index contributed by atoms with van der Waals surface area (Å²) in [6.45, 7) is 7.78. The molecule has 0 atom stereocenters. The summed E-state index contributed by atoms with van der Waals surface area (Å²) >= 11 is 0. The van der Waals surface area contributed by atoms with E-state index in [-0.39, 0.29) is 5.91 Å². The van der Waals surface area contributed by atoms with Crippen LogP contribution in [0.3, 0.4) is 0 Å². The highest BCUT2D eigenvalue weighted by Crippen LogP contribution is 2.09. The number of amides is 1. The molecule has 0 radical (unpaired) electrons. The molecule has 1 amide bonds. The normalized spacial score (nSPS) is 11.4. The number of carbonyl (C=O) groups excluding carboxylic acids is 1. The zero-order valence-electron chi connectivity index (χ0n) is 12.4. The topological polar surface area (TPSA) is 20.3 Å². The predicted octanol–water partition coefficient (Wildman–Crippen LogP) is 4.13. The molecule has 0 unspecified atom stereocenters. The maximum atomic E-state index is 11.9. The van der Waals surface area contributed by atoms with Gasteiger partial charge in [-0.1, -0.05) is 62.2 Å². The van der Waals surface area contributed by atoms with Crippen molar-refractivity contribution in [3.8, 4) is 0 Å². The first-order valence-corrected chi connectivity index (χ1v) is 7.17. The molecule has 0 aliphatic heterocycles. The maximum Gasteiger partial charge on any atom is 0.222 e. The van der Waals surface area contributed by atoms with Crippen LogP contribution in [0.15, 0.2) is 35.9 Å². The summed E-state index contributed by atoms with van der Waals surface area (Å²) in [5, 5.41) is 0. The van der Waals surface area contributed by atoms with Crippen LogP contribution in [0.25, 0.3) is 6.08 Å². The standard InChI is InChI=1S/C17H25NO/c1-4-6-12-18(17(19)5-2)14-15(3)13-16-10-8-7-9-11-16/h7-11,13H,4-6,12,14H2,1-3H3/b15-13-. The van der Waals surface area contributed by atoms with Gasteiger partial charge in [-0.15, -0.1) is 0 Å². The molecule has 0 aromatic heterocycles. The first-order chi connectivity index (χ1) is 9.17. The number of hydrogen-bond acceptors (Lipinski definition) is 1. The molecule has 0 aliphatic carbocycles. The number of nitrogens with zero attached hydrogens (tertiary/aromatic N) is 1. The van der Waals surface area contributed by atoms with E-state index in [1.165, 1.54) is 11.1 Å². The van der Waals surface area contributed by atoms with Gasteiger partial charge in [0.15, 0.2) is 0 Å². The molecule has 104 valence electrons. The van der Waals surface area contributed by atoms with E-state index in [9.17, 15) is 4.79 Å². The maximum absolute atomic E-state index is 11.9. The van der Waals surface area contributed by atoms with Crippen molar-refractivity contribution in [3.63, 3.8) is 0 Å². The van der Waals surface area contributed by atoms with Gasteiger partial charge in [-0.2, -0.15) is 0 Å². The highest BCUT2D eigenvalue weighted by Gasteiger charge is 2.10. The Kier molecular flexibility index (Phi) is 6.94. The van der Waals surface area contributed by atoms with Crippen LogP contribution in [0.2, 0.25) is 0 Å². The Morgan fingerprint density at radius 2 is 1.89 bits per heavy atom. The smallest absolute Gasteiger partial charge is 0.222 e. The van der Waals surface area contributed by atoms with Crippen molar-refractivity contribution in [2.24, 2.45) is 0 Å². The number of unbranched alkanes of at least 4 members (excludes halogenated alkanes) is 1. The Balaban J connectivity index is 2.67. The molecule has 0 saturated carbocycles. The lowest BCUT2D eigenvalue weighted by Crippen LogP contribution is -2.32. The van der Waals surface area contributed by atoms with Crippen molar-refractivity contribution in [3.05, 3.63) is 41.5 Å². The van der Waals surface area contributed by atoms with E-state index in [0.717, 1.165) is 25.9 Å². The highest BCUT2D eigenvalue weighted by atomic mass is 16.2. The van der Waals surface area contributed by atoms with Gasteiger partial charge < -0.3 is 4.90 Å². The summed E-state index contributed by atoms with van der Waals surface area (Å²) < 4.78 is 0. The molecular weight excluding hydrogens is 234 g/mol. The quantitative estimate of drug-likeness (QED) is 0.721. The SMILES string of the molecule is CCCCN(C/C(C)=C\c1ccccc1)C(=O)CC. The number of benzene rings is 1. The second-order valence-electron chi connectivity index (χ2n) is 4.92. The second-order valence-corrected chi connectivity index (χ2v) is 4.92. The third-order valence-electron chi connectivity index (χ3n) is 3.09. The number of carbonyl (C=O) groups is 1. The largest absolute Gasteiger partial charge is 0.339 e. The van der Waals surface area contributed by atoms with Crippen LogP contribution in [0.4, 0.5) is 0 Å². The summed E-state index contributed by atoms with van der Waals surface area (Å²) in [4.78, 5) is 13.9. The molecule has 2 heteroatoms. The fourth-order valence-electron chi connectivity index (χ4n) is 2.04. The first kappa shape index (κ1) is 15.5. The third kappa shape index (κ3) is 5.73. The van der Waals surface area contributed by atoms with Gasteiger partial charge in [0.1, 0.15) is 0 Å². The van der Waals surface area contributed by atoms with Crippen molar-refractivity contribution in [1.29, 1.82) is 0 Å². The average Bonchev–Trinajstić information content (AvgIpc) is 2.43. The minimum Gasteiger partial charge on any atom is -0.339 e. The van der Waals surface area contributed by atoms with E-state index in [1.54, 1.807) is 0 Å². The van der Waals surface area contributed by atoms with E-state index in [4.69, 9.17) is 0 Å². The van der Waals surface area contributed by atoms with Gasteiger partial charge in [0.25, 0.3) is 0 Å². The van der Waals surface area contributed by atoms with Crippen LogP contribution < -0.4 is 0 Å². The molecule has 0 N–H and O–H groups in total. The summed E-state index contributed by atoms with van der Waals surface area (Å²) in [5.41, 5.74) is 2.42. The van der Waals surface area contributed by atoms with Crippen LogP contribution in [0.5, 0.6) is 0 Å². The Bertz CT molecular complexity index is 409. The zero-order valence-corrected chi connectivity index (χ0v) is 12.4. The van der Waals surface area contributed by atoms with Gasteiger partial charge >= 0.3 is 0 Å². The molecule has 1 aromatic rings. The van der Waals surface area contributed by atoms with Crippen LogP contribution in [-0.4, -0.2) is 23.9 Å². The minimum absolute atomic E-state index is 0.245. The zero-order chi connectivity index (χ0) is 14.1. The van der Waals surface area contributed by atoms with Crippen LogP contribution in [0.1, 0.15) is 45.6 Å². The summed E-state index contributed by atoms with van der Waals surface area (Å²) in [5.74, 6) is 0.245. The van der Waals surface area contributed by atoms with E-state index in [1.807, 2.05) is 30.0 Å². The lowest BCUT2D eigenvalue weighted by Gasteiger charge is -2.22. The lowest BCUT2D eigenvalue weighted by atomic mass is 10.1. The Morgan fingerprint density at radius 1 is 1.21 bits per heavy atom. The molecule has 0 spiro atoms. The summed E-state index contributed by atoms with van der Waals surface area (Å²) in [7, 11) is 0. The van der Waals surface area contributed by atoms with Crippen molar-refractivity contribution in [1.82, 2.24) is 4.90 Å². The van der Waals surface area contributed by atoms with Gasteiger partial charge in [-0.05, 0) is 18.9 Å². The Morgan fingerprint density at radius 3 is 2.47 bits per heavy atom. The minimum atomic E-state index is 0.245. The fourth-order valence-corrected chi connectivity index (χ4v) is 2.04. The van der Waals surface area contributed by atoms with Gasteiger partial charge in [0, 0.05) is 19.5 Å². The third-order valence-corrected chi connectivity index (χ3v) is 3.09. The van der Waals surface area contributed by atoms with Gasteiger partial charge in [0.05, 0.1) is 0 Å². The molecule has 0 saturated heterocycles. The van der Waals surface area contributed by atoms with E-state index in [2.05, 4.69) is 32.1 Å². The van der Waals surface area contributed by atoms with Gasteiger partial charge in [-0.25, -0.2) is 0 Å². The average molecular weight is 259 g/mol. The second kappa shape index (κ2) is 8.52. The highest BCUT2D eigenvalue weighted by molar-refractivity contribution is 5.76. The molecule has 0 heterocycles. The fraction of sp³-hybridized carbons (Fsp3) is 0.471. The molecule has 1 aromatic carbocycles. The van der Waals surface area contributed by atoms with Crippen molar-refractivity contribution >= 4 is 12.0 Å². The Hall–Kier alpha value is -1.57. The predicted molar refractivity (Wildman–Crippen MR) is 81.9 cm³/mol. The van der Waals surface area contributed by atoms with Crippen molar-refractivity contribution in [2.45, 2.75) is 40.0 Å². The van der Waals surface area contributed by atoms with Crippen LogP contribution in [-0.2, 0) is 4.79 Å². The molecule has 2 nitrogen and oxygen atoms in total. The van der Waals surface area contributed by atoms with E-state index in [0.29, 0.717) is 6.42 Å². The lowest BCUT2D eigenvalue weighted by molar-refractivity contribution is -0.130. The van der Waals surface area contributed by atoms with Crippen molar-refractivity contribution < 1.29 is 4.79 Å². The molecule has 0 fully saturated rings. The summed E-state index contributed by atoms with van der Waals surface area (Å²) in [6, 6.07) is 10.3. The molecule has 1 rings (SSSR count). The van der Waals surface area contributed by atoms with Crippen molar-refractivity contribution in [2.75, 3.05) is 13.1 Å². The molecule has 0 bridgehead atoms. The van der Waals surface area contributed by atoms with E-state index < -0.39 is 0 Å². The van der Waals surface area contributed by atoms with Crippen LogP contribution in [0, 0.1) is 0 Å². The van der Waals surface area contributed by atoms with E-state index >= 15 is 0 Å². The Labute approximate surface area is 117 Å². The van der Waals surface area contributed by atoms with Crippen LogP contribution >= 0.6 is 0 Å². The molecule has 0 aliphatic rings. The van der Waals surface area contributed by atoms with Gasteiger partial charge in [-0.3, -0.25) is 4.79 Å². The summed E-state index contributed by atoms with van der Waals surface area (Å²) in [6.07, 6.45) is 4.93. The monoisotopic (exact) mass is 259 g/mol. The molecular formula is C17H25NO. The first-order valence-electron chi connectivity index (χ1n) is 7.17. The number of rotatable bonds is 7. The number of hydrogen-bond donors (Lipinski definition) is 0. The molecule has 19 heavy (non-hydrogen) atoms. The van der Waals surface area contributed by atoms with Gasteiger partial charge in [0.2, 0.25) is 5.91 Å².